The highest BCUT2D eigenvalue weighted by molar-refractivity contribution is 7.17. The monoisotopic (exact) mass is 527 g/mol. The lowest BCUT2D eigenvalue weighted by Crippen LogP contribution is -2.27. The SMILES string of the molecule is Cc1nc(NC(=O)Cn2cnc3scc(-c4cccc([N+](=O)[O-])c4)c3c2=O)sc1C(=O)OCC(C)C. The normalized spacial score (nSPS) is 11.1. The molecule has 4 aromatic rings. The zero-order valence-corrected chi connectivity index (χ0v) is 21.1. The largest absolute Gasteiger partial charge is 0.461 e. The minimum atomic E-state index is -0.527. The number of hydrogen-bond donors (Lipinski definition) is 1. The average Bonchev–Trinajstić information content (AvgIpc) is 3.43. The molecule has 0 aliphatic rings. The van der Waals surface area contributed by atoms with Gasteiger partial charge in [0, 0.05) is 23.1 Å². The van der Waals surface area contributed by atoms with Gasteiger partial charge in [-0.15, -0.1) is 11.3 Å². The van der Waals surface area contributed by atoms with E-state index in [4.69, 9.17) is 4.74 Å². The van der Waals surface area contributed by atoms with Crippen LogP contribution in [0.15, 0.2) is 40.8 Å². The number of nitro groups is 1. The van der Waals surface area contributed by atoms with E-state index in [1.54, 1.807) is 24.4 Å². The van der Waals surface area contributed by atoms with Crippen molar-refractivity contribution in [3.8, 4) is 11.1 Å². The van der Waals surface area contributed by atoms with Crippen LogP contribution in [0.1, 0.15) is 29.2 Å². The molecule has 0 atom stereocenters. The van der Waals surface area contributed by atoms with Crippen LogP contribution in [-0.2, 0) is 16.1 Å². The Labute approximate surface area is 212 Å². The van der Waals surface area contributed by atoms with Crippen molar-refractivity contribution in [1.82, 2.24) is 14.5 Å². The number of hydrogen-bond acceptors (Lipinski definition) is 10. The highest BCUT2D eigenvalue weighted by Gasteiger charge is 2.20. The summed E-state index contributed by atoms with van der Waals surface area (Å²) in [6, 6.07) is 5.98. The Balaban J connectivity index is 1.55. The van der Waals surface area contributed by atoms with Crippen molar-refractivity contribution in [2.24, 2.45) is 5.92 Å². The van der Waals surface area contributed by atoms with E-state index in [1.165, 1.54) is 29.8 Å². The predicted molar refractivity (Wildman–Crippen MR) is 137 cm³/mol. The summed E-state index contributed by atoms with van der Waals surface area (Å²) in [4.78, 5) is 58.0. The molecule has 0 unspecified atom stereocenters. The number of thiazole rings is 1. The number of thiophene rings is 1. The van der Waals surface area contributed by atoms with Crippen LogP contribution in [0.25, 0.3) is 21.3 Å². The maximum absolute atomic E-state index is 13.2. The molecule has 0 fully saturated rings. The van der Waals surface area contributed by atoms with E-state index in [9.17, 15) is 24.5 Å². The number of non-ortho nitro benzene ring substituents is 1. The third-order valence-electron chi connectivity index (χ3n) is 5.02. The molecule has 0 radical (unpaired) electrons. The molecule has 36 heavy (non-hydrogen) atoms. The van der Waals surface area contributed by atoms with E-state index in [0.29, 0.717) is 26.5 Å². The first-order valence-electron chi connectivity index (χ1n) is 10.8. The number of amides is 1. The van der Waals surface area contributed by atoms with Gasteiger partial charge in [0.1, 0.15) is 16.3 Å². The Hall–Kier alpha value is -3.97. The number of nitro benzene ring substituents is 1. The molecular weight excluding hydrogens is 506 g/mol. The number of anilines is 1. The first kappa shape index (κ1) is 25.1. The summed E-state index contributed by atoms with van der Waals surface area (Å²) in [6.45, 7) is 5.44. The molecule has 1 aromatic carbocycles. The van der Waals surface area contributed by atoms with Crippen molar-refractivity contribution in [2.45, 2.75) is 27.3 Å². The second-order valence-corrected chi connectivity index (χ2v) is 10.1. The maximum atomic E-state index is 13.2. The smallest absolute Gasteiger partial charge is 0.350 e. The number of nitrogens with zero attached hydrogens (tertiary/aromatic N) is 4. The van der Waals surface area contributed by atoms with Gasteiger partial charge in [-0.2, -0.15) is 0 Å². The quantitative estimate of drug-likeness (QED) is 0.203. The van der Waals surface area contributed by atoms with E-state index >= 15 is 0 Å². The summed E-state index contributed by atoms with van der Waals surface area (Å²) in [7, 11) is 0. The number of benzene rings is 1. The Morgan fingerprint density at radius 3 is 2.81 bits per heavy atom. The molecule has 0 spiro atoms. The molecule has 11 nitrogen and oxygen atoms in total. The number of esters is 1. The Morgan fingerprint density at radius 2 is 2.08 bits per heavy atom. The number of rotatable bonds is 8. The highest BCUT2D eigenvalue weighted by atomic mass is 32.1. The summed E-state index contributed by atoms with van der Waals surface area (Å²) < 4.78 is 6.39. The van der Waals surface area contributed by atoms with Gasteiger partial charge in [0.15, 0.2) is 5.13 Å². The number of nitrogens with one attached hydrogen (secondary N) is 1. The first-order chi connectivity index (χ1) is 17.1. The Bertz CT molecular complexity index is 1540. The Morgan fingerprint density at radius 1 is 1.31 bits per heavy atom. The molecule has 4 rings (SSSR count). The summed E-state index contributed by atoms with van der Waals surface area (Å²) in [5.41, 5.74) is 0.898. The van der Waals surface area contributed by atoms with Crippen molar-refractivity contribution in [1.29, 1.82) is 0 Å². The molecule has 0 saturated heterocycles. The average molecular weight is 528 g/mol. The predicted octanol–water partition coefficient (Wildman–Crippen LogP) is 4.25. The second kappa shape index (κ2) is 10.3. The van der Waals surface area contributed by atoms with Crippen LogP contribution >= 0.6 is 22.7 Å². The molecule has 0 aliphatic heterocycles. The van der Waals surface area contributed by atoms with E-state index in [1.807, 2.05) is 13.8 Å². The molecule has 1 N–H and O–H groups in total. The fourth-order valence-corrected chi connectivity index (χ4v) is 5.12. The molecule has 0 saturated carbocycles. The maximum Gasteiger partial charge on any atom is 0.350 e. The van der Waals surface area contributed by atoms with Crippen LogP contribution in [-0.4, -0.2) is 37.9 Å². The van der Waals surface area contributed by atoms with Crippen LogP contribution in [0, 0.1) is 23.0 Å². The van der Waals surface area contributed by atoms with E-state index in [2.05, 4.69) is 15.3 Å². The van der Waals surface area contributed by atoms with E-state index in [0.717, 1.165) is 15.9 Å². The van der Waals surface area contributed by atoms with Crippen LogP contribution in [0.2, 0.25) is 0 Å². The molecule has 3 aromatic heterocycles. The molecular formula is C23H21N5O6S2. The summed E-state index contributed by atoms with van der Waals surface area (Å²) in [5, 5.41) is 16.0. The number of carbonyl (C=O) groups is 2. The van der Waals surface area contributed by atoms with Crippen molar-refractivity contribution in [3.63, 3.8) is 0 Å². The molecule has 13 heteroatoms. The fourth-order valence-electron chi connectivity index (χ4n) is 3.34. The number of fused-ring (bicyclic) bond motifs is 1. The van der Waals surface area contributed by atoms with Gasteiger partial charge in [-0.05, 0) is 18.4 Å². The molecule has 3 heterocycles. The van der Waals surface area contributed by atoms with Gasteiger partial charge in [-0.1, -0.05) is 37.3 Å². The second-order valence-electron chi connectivity index (χ2n) is 8.29. The van der Waals surface area contributed by atoms with Crippen LogP contribution in [0.5, 0.6) is 0 Å². The third kappa shape index (κ3) is 5.31. The molecule has 0 aliphatic carbocycles. The summed E-state index contributed by atoms with van der Waals surface area (Å²) >= 11 is 2.23. The Kier molecular flexibility index (Phi) is 7.22. The summed E-state index contributed by atoms with van der Waals surface area (Å²) in [6.07, 6.45) is 1.28. The molecule has 1 amide bonds. The van der Waals surface area contributed by atoms with Gasteiger partial charge in [-0.25, -0.2) is 14.8 Å². The first-order valence-corrected chi connectivity index (χ1v) is 12.5. The van der Waals surface area contributed by atoms with Gasteiger partial charge in [0.2, 0.25) is 5.91 Å². The number of aromatic nitrogens is 3. The number of ether oxygens (including phenoxy) is 1. The minimum Gasteiger partial charge on any atom is -0.461 e. The molecule has 186 valence electrons. The molecule has 0 bridgehead atoms. The van der Waals surface area contributed by atoms with Gasteiger partial charge < -0.3 is 10.1 Å². The van der Waals surface area contributed by atoms with Gasteiger partial charge in [-0.3, -0.25) is 24.3 Å². The van der Waals surface area contributed by atoms with E-state index < -0.39 is 22.4 Å². The van der Waals surface area contributed by atoms with Gasteiger partial charge in [0.05, 0.1) is 28.9 Å². The minimum absolute atomic E-state index is 0.0957. The zero-order valence-electron chi connectivity index (χ0n) is 19.5. The number of carbonyl (C=O) groups excluding carboxylic acids is 2. The highest BCUT2D eigenvalue weighted by Crippen LogP contribution is 2.32. The topological polar surface area (TPSA) is 146 Å². The lowest BCUT2D eigenvalue weighted by Gasteiger charge is -2.06. The third-order valence-corrected chi connectivity index (χ3v) is 6.96. The van der Waals surface area contributed by atoms with Crippen molar-refractivity contribution in [2.75, 3.05) is 11.9 Å². The lowest BCUT2D eigenvalue weighted by atomic mass is 10.1. The standard InChI is InChI=1S/C23H21N5O6S2/c1-12(2)9-34-22(31)19-13(3)25-23(36-19)26-17(29)8-27-11-24-20-18(21(27)30)16(10-35-20)14-5-4-6-15(7-14)28(32)33/h4-7,10-12H,8-9H2,1-3H3,(H,25,26,29). The van der Waals surface area contributed by atoms with Gasteiger partial charge in [0.25, 0.3) is 11.2 Å². The van der Waals surface area contributed by atoms with Crippen LogP contribution < -0.4 is 10.9 Å². The number of aryl methyl sites for hydroxylation is 1. The van der Waals surface area contributed by atoms with Crippen molar-refractivity contribution in [3.05, 3.63) is 67.0 Å². The fraction of sp³-hybridized carbons (Fsp3) is 0.261. The zero-order chi connectivity index (χ0) is 26.0. The summed E-state index contributed by atoms with van der Waals surface area (Å²) in [5.74, 6) is -0.844. The van der Waals surface area contributed by atoms with Crippen LogP contribution in [0.3, 0.4) is 0 Å². The lowest BCUT2D eigenvalue weighted by molar-refractivity contribution is -0.384. The van der Waals surface area contributed by atoms with Crippen molar-refractivity contribution < 1.29 is 19.2 Å². The van der Waals surface area contributed by atoms with Crippen LogP contribution in [0.4, 0.5) is 10.8 Å². The van der Waals surface area contributed by atoms with Crippen molar-refractivity contribution >= 4 is 55.6 Å². The van der Waals surface area contributed by atoms with Gasteiger partial charge >= 0.3 is 5.97 Å². The van der Waals surface area contributed by atoms with E-state index in [-0.39, 0.29) is 35.3 Å².